The molecule has 2 aromatic rings. The lowest BCUT2D eigenvalue weighted by atomic mass is 10.3. The molecule has 0 aliphatic heterocycles. The number of pyridine rings is 1. The molecule has 5 heteroatoms. The average Bonchev–Trinajstić information content (AvgIpc) is 2.28. The van der Waals surface area contributed by atoms with Gasteiger partial charge in [0.05, 0.1) is 24.1 Å². The summed E-state index contributed by atoms with van der Waals surface area (Å²) < 4.78 is 0. The first-order chi connectivity index (χ1) is 7.74. The molecule has 0 amide bonds. The van der Waals surface area contributed by atoms with Crippen molar-refractivity contribution in [3.8, 4) is 0 Å². The zero-order chi connectivity index (χ0) is 11.4. The fraction of sp³-hybridized carbons (Fsp3) is 0.182. The number of aromatic nitrogens is 3. The quantitative estimate of drug-likeness (QED) is 0.808. The maximum Gasteiger partial charge on any atom is 0.125 e. The molecule has 0 aliphatic carbocycles. The second-order valence-corrected chi connectivity index (χ2v) is 3.47. The molecule has 5 nitrogen and oxygen atoms in total. The number of nitrogen functional groups attached to an aromatic ring is 1. The highest BCUT2D eigenvalue weighted by atomic mass is 14.9. The molecule has 16 heavy (non-hydrogen) atoms. The first-order valence-corrected chi connectivity index (χ1v) is 4.97. The summed E-state index contributed by atoms with van der Waals surface area (Å²) in [7, 11) is 0. The molecular formula is C11H13N5. The summed E-state index contributed by atoms with van der Waals surface area (Å²) in [5.74, 6) is 0.500. The highest BCUT2D eigenvalue weighted by Crippen LogP contribution is 2.09. The van der Waals surface area contributed by atoms with Crippen LogP contribution in [0.15, 0.2) is 30.7 Å². The molecule has 0 unspecified atom stereocenters. The molecule has 0 bridgehead atoms. The van der Waals surface area contributed by atoms with Gasteiger partial charge in [0, 0.05) is 24.1 Å². The Morgan fingerprint density at radius 1 is 1.25 bits per heavy atom. The Morgan fingerprint density at radius 2 is 2.12 bits per heavy atom. The second kappa shape index (κ2) is 4.57. The van der Waals surface area contributed by atoms with Crippen LogP contribution < -0.4 is 11.1 Å². The molecule has 0 fully saturated rings. The highest BCUT2D eigenvalue weighted by molar-refractivity contribution is 5.49. The molecule has 2 heterocycles. The molecular weight excluding hydrogens is 202 g/mol. The minimum Gasteiger partial charge on any atom is -0.384 e. The predicted molar refractivity (Wildman–Crippen MR) is 62.7 cm³/mol. The molecule has 0 aromatic carbocycles. The van der Waals surface area contributed by atoms with E-state index in [1.807, 2.05) is 13.0 Å². The number of aryl methyl sites for hydroxylation is 1. The minimum absolute atomic E-state index is 0.500. The monoisotopic (exact) mass is 215 g/mol. The Labute approximate surface area is 93.8 Å². The van der Waals surface area contributed by atoms with Crippen molar-refractivity contribution in [3.05, 3.63) is 42.1 Å². The minimum atomic E-state index is 0.500. The van der Waals surface area contributed by atoms with Crippen molar-refractivity contribution in [2.24, 2.45) is 0 Å². The fourth-order valence-corrected chi connectivity index (χ4v) is 1.26. The molecule has 0 saturated carbocycles. The average molecular weight is 215 g/mol. The Bertz CT molecular complexity index is 466. The normalized spacial score (nSPS) is 10.1. The first kappa shape index (κ1) is 10.4. The molecule has 2 aromatic heterocycles. The van der Waals surface area contributed by atoms with E-state index in [2.05, 4.69) is 20.3 Å². The number of anilines is 2. The summed E-state index contributed by atoms with van der Waals surface area (Å²) in [6.45, 7) is 2.53. The van der Waals surface area contributed by atoms with Gasteiger partial charge in [-0.1, -0.05) is 0 Å². The third-order valence-corrected chi connectivity index (χ3v) is 2.09. The van der Waals surface area contributed by atoms with E-state index in [9.17, 15) is 0 Å². The van der Waals surface area contributed by atoms with E-state index in [0.717, 1.165) is 17.1 Å². The summed E-state index contributed by atoms with van der Waals surface area (Å²) in [6, 6.07) is 3.64. The molecule has 0 saturated heterocycles. The van der Waals surface area contributed by atoms with Crippen LogP contribution in [0.5, 0.6) is 0 Å². The van der Waals surface area contributed by atoms with Crippen molar-refractivity contribution in [2.75, 3.05) is 11.1 Å². The fourth-order valence-electron chi connectivity index (χ4n) is 1.26. The van der Waals surface area contributed by atoms with Crippen molar-refractivity contribution in [3.63, 3.8) is 0 Å². The van der Waals surface area contributed by atoms with Gasteiger partial charge in [-0.15, -0.1) is 0 Å². The Hall–Kier alpha value is -2.17. The number of nitrogens with one attached hydrogen (secondary N) is 1. The maximum atomic E-state index is 5.57. The van der Waals surface area contributed by atoms with E-state index in [1.54, 1.807) is 24.7 Å². The SMILES string of the molecule is Cc1cnc(CNc2ccnc(N)c2)cn1. The van der Waals surface area contributed by atoms with E-state index in [1.165, 1.54) is 0 Å². The zero-order valence-electron chi connectivity index (χ0n) is 9.01. The van der Waals surface area contributed by atoms with Crippen LogP contribution in [0, 0.1) is 6.92 Å². The van der Waals surface area contributed by atoms with Gasteiger partial charge in [-0.05, 0) is 13.0 Å². The van der Waals surface area contributed by atoms with Crippen LogP contribution >= 0.6 is 0 Å². The van der Waals surface area contributed by atoms with Crippen molar-refractivity contribution >= 4 is 11.5 Å². The zero-order valence-corrected chi connectivity index (χ0v) is 9.01. The smallest absolute Gasteiger partial charge is 0.125 e. The van der Waals surface area contributed by atoms with Crippen LogP contribution in [0.25, 0.3) is 0 Å². The van der Waals surface area contributed by atoms with Crippen molar-refractivity contribution in [1.29, 1.82) is 0 Å². The molecule has 0 aliphatic rings. The van der Waals surface area contributed by atoms with Gasteiger partial charge >= 0.3 is 0 Å². The van der Waals surface area contributed by atoms with Crippen LogP contribution in [0.3, 0.4) is 0 Å². The van der Waals surface area contributed by atoms with E-state index < -0.39 is 0 Å². The first-order valence-electron chi connectivity index (χ1n) is 4.97. The van der Waals surface area contributed by atoms with Gasteiger partial charge in [0.15, 0.2) is 0 Å². The summed E-state index contributed by atoms with van der Waals surface area (Å²) in [5, 5.41) is 3.20. The maximum absolute atomic E-state index is 5.57. The topological polar surface area (TPSA) is 76.7 Å². The van der Waals surface area contributed by atoms with Crippen molar-refractivity contribution in [1.82, 2.24) is 15.0 Å². The van der Waals surface area contributed by atoms with Crippen LogP contribution in [0.4, 0.5) is 11.5 Å². The number of hydrogen-bond acceptors (Lipinski definition) is 5. The summed E-state index contributed by atoms with van der Waals surface area (Å²) in [5.41, 5.74) is 8.30. The molecule has 3 N–H and O–H groups in total. The van der Waals surface area contributed by atoms with E-state index in [0.29, 0.717) is 12.4 Å². The molecule has 2 rings (SSSR count). The third kappa shape index (κ3) is 2.66. The van der Waals surface area contributed by atoms with Gasteiger partial charge in [0.2, 0.25) is 0 Å². The number of nitrogens with two attached hydrogens (primary N) is 1. The number of hydrogen-bond donors (Lipinski definition) is 2. The lowest BCUT2D eigenvalue weighted by Gasteiger charge is -2.05. The lowest BCUT2D eigenvalue weighted by molar-refractivity contribution is 0.984. The van der Waals surface area contributed by atoms with Gasteiger partial charge in [0.1, 0.15) is 5.82 Å². The lowest BCUT2D eigenvalue weighted by Crippen LogP contribution is -2.03. The van der Waals surface area contributed by atoms with Gasteiger partial charge in [0.25, 0.3) is 0 Å². The van der Waals surface area contributed by atoms with E-state index in [-0.39, 0.29) is 0 Å². The van der Waals surface area contributed by atoms with Crippen molar-refractivity contribution < 1.29 is 0 Å². The summed E-state index contributed by atoms with van der Waals surface area (Å²) >= 11 is 0. The number of nitrogens with zero attached hydrogens (tertiary/aromatic N) is 3. The van der Waals surface area contributed by atoms with Gasteiger partial charge < -0.3 is 11.1 Å². The largest absolute Gasteiger partial charge is 0.384 e. The predicted octanol–water partition coefficient (Wildman–Crippen LogP) is 1.37. The Kier molecular flexibility index (Phi) is 2.95. The number of rotatable bonds is 3. The van der Waals surface area contributed by atoms with Crippen LogP contribution in [0.2, 0.25) is 0 Å². The summed E-state index contributed by atoms with van der Waals surface area (Å²) in [4.78, 5) is 12.3. The molecule has 0 radical (unpaired) electrons. The van der Waals surface area contributed by atoms with Crippen LogP contribution in [0.1, 0.15) is 11.4 Å². The standard InChI is InChI=1S/C11H13N5/c1-8-5-15-10(6-14-8)7-16-9-2-3-13-11(12)4-9/h2-6H,7H2,1H3,(H3,12,13,16). The van der Waals surface area contributed by atoms with Crippen molar-refractivity contribution in [2.45, 2.75) is 13.5 Å². The summed E-state index contributed by atoms with van der Waals surface area (Å²) in [6.07, 6.45) is 5.17. The van der Waals surface area contributed by atoms with Gasteiger partial charge in [-0.2, -0.15) is 0 Å². The molecule has 0 spiro atoms. The molecule has 0 atom stereocenters. The van der Waals surface area contributed by atoms with Gasteiger partial charge in [-0.25, -0.2) is 4.98 Å². The van der Waals surface area contributed by atoms with E-state index in [4.69, 9.17) is 5.73 Å². The molecule has 82 valence electrons. The Morgan fingerprint density at radius 3 is 2.81 bits per heavy atom. The third-order valence-electron chi connectivity index (χ3n) is 2.09. The second-order valence-electron chi connectivity index (χ2n) is 3.47. The van der Waals surface area contributed by atoms with Gasteiger partial charge in [-0.3, -0.25) is 9.97 Å². The van der Waals surface area contributed by atoms with E-state index >= 15 is 0 Å². The van der Waals surface area contributed by atoms with Crippen LogP contribution in [-0.2, 0) is 6.54 Å². The van der Waals surface area contributed by atoms with Crippen LogP contribution in [-0.4, -0.2) is 15.0 Å². The Balaban J connectivity index is 1.99. The highest BCUT2D eigenvalue weighted by Gasteiger charge is 1.96.